The minimum Gasteiger partial charge on any atom is -0.486 e. The van der Waals surface area contributed by atoms with Crippen LogP contribution in [0, 0.1) is 0 Å². The Bertz CT molecular complexity index is 1230. The number of fused-ring (bicyclic) bond motifs is 2. The molecule has 0 bridgehead atoms. The van der Waals surface area contributed by atoms with Crippen LogP contribution in [0.15, 0.2) is 65.7 Å². The number of pyridine rings is 1. The predicted octanol–water partition coefficient (Wildman–Crippen LogP) is 2.91. The molecule has 1 N–H and O–H groups in total. The summed E-state index contributed by atoms with van der Waals surface area (Å²) in [5.41, 5.74) is 4.04. The minimum absolute atomic E-state index is 0.0925. The summed E-state index contributed by atoms with van der Waals surface area (Å²) in [5.74, 6) is 1.14. The Kier molecular flexibility index (Phi) is 5.58. The van der Waals surface area contributed by atoms with Crippen molar-refractivity contribution in [1.82, 2.24) is 14.6 Å². The van der Waals surface area contributed by atoms with Gasteiger partial charge in [-0.25, -0.2) is 8.42 Å². The van der Waals surface area contributed by atoms with E-state index in [9.17, 15) is 8.42 Å². The first-order valence-electron chi connectivity index (χ1n) is 10.6. The first-order valence-corrected chi connectivity index (χ1v) is 12.1. The van der Waals surface area contributed by atoms with E-state index in [1.165, 1.54) is 9.87 Å². The summed E-state index contributed by atoms with van der Waals surface area (Å²) < 4.78 is 39.2. The molecule has 7 nitrogen and oxygen atoms in total. The number of likely N-dealkylation sites (N-methyl/N-ethyl adjacent to an activating group) is 1. The van der Waals surface area contributed by atoms with E-state index in [4.69, 9.17) is 14.5 Å². The van der Waals surface area contributed by atoms with Gasteiger partial charge < -0.3 is 14.8 Å². The van der Waals surface area contributed by atoms with Crippen molar-refractivity contribution >= 4 is 10.0 Å². The van der Waals surface area contributed by atoms with E-state index in [0.29, 0.717) is 37.8 Å². The fourth-order valence-electron chi connectivity index (χ4n) is 4.25. The van der Waals surface area contributed by atoms with E-state index in [-0.39, 0.29) is 10.8 Å². The van der Waals surface area contributed by atoms with Gasteiger partial charge in [-0.3, -0.25) is 4.98 Å². The number of hydrogen-bond acceptors (Lipinski definition) is 6. The van der Waals surface area contributed by atoms with Crippen molar-refractivity contribution in [3.63, 3.8) is 0 Å². The molecular weight excluding hydrogens is 426 g/mol. The Morgan fingerprint density at radius 3 is 2.53 bits per heavy atom. The summed E-state index contributed by atoms with van der Waals surface area (Å²) in [4.78, 5) is 4.90. The van der Waals surface area contributed by atoms with Crippen LogP contribution in [0.1, 0.15) is 28.3 Å². The highest BCUT2D eigenvalue weighted by Gasteiger charge is 2.32. The Morgan fingerprint density at radius 2 is 1.75 bits per heavy atom. The SMILES string of the molecule is CNC[C@H](c1ccccc1)c1cc2c(cn1)CN(S(=O)(=O)c1ccc3c(c1)OCCO3)C2. The Labute approximate surface area is 188 Å². The Morgan fingerprint density at radius 1 is 1.00 bits per heavy atom. The summed E-state index contributed by atoms with van der Waals surface area (Å²) in [5, 5.41) is 3.24. The fourth-order valence-corrected chi connectivity index (χ4v) is 5.66. The summed E-state index contributed by atoms with van der Waals surface area (Å²) in [6.45, 7) is 2.25. The van der Waals surface area contributed by atoms with Crippen molar-refractivity contribution in [2.45, 2.75) is 23.9 Å². The molecule has 0 amide bonds. The van der Waals surface area contributed by atoms with Gasteiger partial charge in [0, 0.05) is 43.5 Å². The highest BCUT2D eigenvalue weighted by Crippen LogP contribution is 2.36. The fraction of sp³-hybridized carbons (Fsp3) is 0.292. The van der Waals surface area contributed by atoms with Gasteiger partial charge >= 0.3 is 0 Å². The second-order valence-corrected chi connectivity index (χ2v) is 9.92. The average Bonchev–Trinajstić information content (AvgIpc) is 3.27. The average molecular weight is 452 g/mol. The quantitative estimate of drug-likeness (QED) is 0.621. The first kappa shape index (κ1) is 20.9. The molecule has 5 rings (SSSR count). The lowest BCUT2D eigenvalue weighted by molar-refractivity contribution is 0.171. The maximum atomic E-state index is 13.3. The Balaban J connectivity index is 1.41. The molecule has 166 valence electrons. The van der Waals surface area contributed by atoms with Gasteiger partial charge in [-0.05, 0) is 41.9 Å². The van der Waals surface area contributed by atoms with Gasteiger partial charge in [0.2, 0.25) is 10.0 Å². The van der Waals surface area contributed by atoms with Crippen LogP contribution in [-0.2, 0) is 23.1 Å². The maximum absolute atomic E-state index is 13.3. The lowest BCUT2D eigenvalue weighted by atomic mass is 9.94. The molecule has 1 aromatic heterocycles. The van der Waals surface area contributed by atoms with Gasteiger partial charge in [0.15, 0.2) is 11.5 Å². The van der Waals surface area contributed by atoms with Crippen LogP contribution in [-0.4, -0.2) is 44.5 Å². The second kappa shape index (κ2) is 8.54. The smallest absolute Gasteiger partial charge is 0.243 e. The van der Waals surface area contributed by atoms with Crippen LogP contribution in [0.5, 0.6) is 11.5 Å². The van der Waals surface area contributed by atoms with E-state index < -0.39 is 10.0 Å². The van der Waals surface area contributed by atoms with Crippen LogP contribution in [0.25, 0.3) is 0 Å². The van der Waals surface area contributed by atoms with Gasteiger partial charge in [-0.2, -0.15) is 4.31 Å². The third-order valence-corrected chi connectivity index (χ3v) is 7.70. The van der Waals surface area contributed by atoms with Crippen molar-refractivity contribution in [2.24, 2.45) is 0 Å². The normalized spacial score (nSPS) is 16.5. The number of nitrogens with one attached hydrogen (secondary N) is 1. The predicted molar refractivity (Wildman–Crippen MR) is 120 cm³/mol. The zero-order valence-electron chi connectivity index (χ0n) is 17.8. The summed E-state index contributed by atoms with van der Waals surface area (Å²) in [6.07, 6.45) is 1.82. The zero-order chi connectivity index (χ0) is 22.1. The molecule has 2 aromatic carbocycles. The largest absolute Gasteiger partial charge is 0.486 e. The number of hydrogen-bond donors (Lipinski definition) is 1. The molecule has 8 heteroatoms. The van der Waals surface area contributed by atoms with E-state index in [1.54, 1.807) is 18.2 Å². The molecule has 32 heavy (non-hydrogen) atoms. The minimum atomic E-state index is -3.68. The van der Waals surface area contributed by atoms with Crippen LogP contribution in [0.4, 0.5) is 0 Å². The van der Waals surface area contributed by atoms with Gasteiger partial charge in [0.25, 0.3) is 0 Å². The van der Waals surface area contributed by atoms with Gasteiger partial charge in [0.05, 0.1) is 4.90 Å². The van der Waals surface area contributed by atoms with Gasteiger partial charge in [0.1, 0.15) is 13.2 Å². The second-order valence-electron chi connectivity index (χ2n) is 7.98. The molecule has 0 saturated heterocycles. The van der Waals surface area contributed by atoms with E-state index >= 15 is 0 Å². The van der Waals surface area contributed by atoms with E-state index in [0.717, 1.165) is 23.4 Å². The molecule has 0 radical (unpaired) electrons. The molecule has 0 spiro atoms. The molecule has 0 fully saturated rings. The van der Waals surface area contributed by atoms with Crippen molar-refractivity contribution in [3.05, 3.63) is 83.2 Å². The van der Waals surface area contributed by atoms with Crippen molar-refractivity contribution in [3.8, 4) is 11.5 Å². The number of rotatable bonds is 6. The maximum Gasteiger partial charge on any atom is 0.243 e. The summed E-state index contributed by atoms with van der Waals surface area (Å²) >= 11 is 0. The van der Waals surface area contributed by atoms with Crippen molar-refractivity contribution in [1.29, 1.82) is 0 Å². The molecule has 2 aliphatic rings. The standard InChI is InChI=1S/C24H25N3O4S/c1-25-14-21(17-5-3-2-4-6-17)22-11-18-15-27(16-19(18)13-26-22)32(28,29)20-7-8-23-24(12-20)31-10-9-30-23/h2-8,11-13,21,25H,9-10,14-16H2,1H3/t21-/m1/s1. The highest BCUT2D eigenvalue weighted by molar-refractivity contribution is 7.89. The summed E-state index contributed by atoms with van der Waals surface area (Å²) in [7, 11) is -1.76. The highest BCUT2D eigenvalue weighted by atomic mass is 32.2. The lowest BCUT2D eigenvalue weighted by Gasteiger charge is -2.20. The molecule has 2 aliphatic heterocycles. The third-order valence-electron chi connectivity index (χ3n) is 5.92. The van der Waals surface area contributed by atoms with Crippen LogP contribution < -0.4 is 14.8 Å². The topological polar surface area (TPSA) is 80.8 Å². The van der Waals surface area contributed by atoms with E-state index in [1.807, 2.05) is 37.5 Å². The number of ether oxygens (including phenoxy) is 2. The van der Waals surface area contributed by atoms with Crippen molar-refractivity contribution in [2.75, 3.05) is 26.8 Å². The third kappa shape index (κ3) is 3.85. The van der Waals surface area contributed by atoms with Gasteiger partial charge in [-0.1, -0.05) is 30.3 Å². The van der Waals surface area contributed by atoms with Crippen molar-refractivity contribution < 1.29 is 17.9 Å². The number of aromatic nitrogens is 1. The molecule has 0 unspecified atom stereocenters. The molecule has 1 atom stereocenters. The monoisotopic (exact) mass is 451 g/mol. The molecule has 0 saturated carbocycles. The number of benzene rings is 2. The Hall–Kier alpha value is -2.94. The van der Waals surface area contributed by atoms with Crippen LogP contribution >= 0.6 is 0 Å². The molecule has 3 heterocycles. The first-order chi connectivity index (χ1) is 15.6. The number of sulfonamides is 1. The van der Waals surface area contributed by atoms with Crippen LogP contribution in [0.3, 0.4) is 0 Å². The summed E-state index contributed by atoms with van der Waals surface area (Å²) in [6, 6.07) is 17.1. The zero-order valence-corrected chi connectivity index (χ0v) is 18.6. The lowest BCUT2D eigenvalue weighted by Crippen LogP contribution is -2.26. The van der Waals surface area contributed by atoms with E-state index in [2.05, 4.69) is 17.4 Å². The van der Waals surface area contributed by atoms with Crippen LogP contribution in [0.2, 0.25) is 0 Å². The molecule has 3 aromatic rings. The van der Waals surface area contributed by atoms with Gasteiger partial charge in [-0.15, -0.1) is 0 Å². The molecular formula is C24H25N3O4S. The molecule has 0 aliphatic carbocycles. The number of nitrogens with zero attached hydrogens (tertiary/aromatic N) is 2.